The highest BCUT2D eigenvalue weighted by molar-refractivity contribution is 7.92. The van der Waals surface area contributed by atoms with Crippen LogP contribution in [0, 0.1) is 0 Å². The summed E-state index contributed by atoms with van der Waals surface area (Å²) in [6.07, 6.45) is 0. The van der Waals surface area contributed by atoms with Crippen molar-refractivity contribution in [2.24, 2.45) is 0 Å². The van der Waals surface area contributed by atoms with Crippen molar-refractivity contribution >= 4 is 21.6 Å². The van der Waals surface area contributed by atoms with Crippen LogP contribution in [0.3, 0.4) is 0 Å². The molecule has 0 heterocycles. The third kappa shape index (κ3) is 6.00. The van der Waals surface area contributed by atoms with E-state index in [0.29, 0.717) is 28.6 Å². The Kier molecular flexibility index (Phi) is 9.07. The van der Waals surface area contributed by atoms with Crippen LogP contribution >= 0.6 is 0 Å². The molecule has 10 nitrogen and oxygen atoms in total. The Labute approximate surface area is 216 Å². The van der Waals surface area contributed by atoms with Crippen LogP contribution in [0.15, 0.2) is 65.6 Å². The van der Waals surface area contributed by atoms with Crippen molar-refractivity contribution in [1.82, 2.24) is 5.32 Å². The second kappa shape index (κ2) is 12.2. The third-order valence-electron chi connectivity index (χ3n) is 5.53. The molecule has 0 saturated heterocycles. The minimum Gasteiger partial charge on any atom is -0.497 e. The molecule has 0 saturated carbocycles. The van der Waals surface area contributed by atoms with Gasteiger partial charge in [-0.15, -0.1) is 0 Å². The van der Waals surface area contributed by atoms with Gasteiger partial charge in [0, 0.05) is 18.2 Å². The molecular formula is C26H30N2O8S. The van der Waals surface area contributed by atoms with E-state index in [1.807, 2.05) is 0 Å². The van der Waals surface area contributed by atoms with Gasteiger partial charge < -0.3 is 29.0 Å². The van der Waals surface area contributed by atoms with Gasteiger partial charge in [0.2, 0.25) is 11.7 Å². The van der Waals surface area contributed by atoms with Crippen LogP contribution in [0.1, 0.15) is 5.56 Å². The molecule has 0 radical (unpaired) electrons. The standard InChI is InChI=1S/C26H30N2O8S/c1-32-19-12-14-22(33-2)21(15-19)28(37(30,31)20-9-7-6-8-10-20)17-24(29)27-16-18-11-13-23(34-3)26(36-5)25(18)35-4/h6-15H,16-17H2,1-5H3,(H,27,29). The van der Waals surface area contributed by atoms with E-state index in [1.165, 1.54) is 53.7 Å². The first-order chi connectivity index (χ1) is 17.8. The van der Waals surface area contributed by atoms with Gasteiger partial charge in [-0.3, -0.25) is 9.10 Å². The summed E-state index contributed by atoms with van der Waals surface area (Å²) in [5, 5.41) is 2.76. The van der Waals surface area contributed by atoms with Gasteiger partial charge in [0.15, 0.2) is 11.5 Å². The van der Waals surface area contributed by atoms with E-state index in [4.69, 9.17) is 23.7 Å². The fourth-order valence-electron chi connectivity index (χ4n) is 3.69. The number of nitrogens with zero attached hydrogens (tertiary/aromatic N) is 1. The Morgan fingerprint density at radius 3 is 2.03 bits per heavy atom. The summed E-state index contributed by atoms with van der Waals surface area (Å²) in [5.74, 6) is 1.35. The molecule has 0 atom stereocenters. The molecule has 11 heteroatoms. The lowest BCUT2D eigenvalue weighted by molar-refractivity contribution is -0.119. The van der Waals surface area contributed by atoms with Crippen LogP contribution in [-0.2, 0) is 21.4 Å². The smallest absolute Gasteiger partial charge is 0.264 e. The second-order valence-electron chi connectivity index (χ2n) is 7.63. The molecule has 0 unspecified atom stereocenters. The van der Waals surface area contributed by atoms with E-state index < -0.39 is 22.5 Å². The zero-order chi connectivity index (χ0) is 27.0. The van der Waals surface area contributed by atoms with Crippen molar-refractivity contribution in [3.05, 3.63) is 66.2 Å². The molecule has 3 rings (SSSR count). The van der Waals surface area contributed by atoms with E-state index in [0.717, 1.165) is 4.31 Å². The number of hydrogen-bond acceptors (Lipinski definition) is 8. The Morgan fingerprint density at radius 2 is 1.43 bits per heavy atom. The predicted molar refractivity (Wildman–Crippen MR) is 138 cm³/mol. The highest BCUT2D eigenvalue weighted by Gasteiger charge is 2.30. The van der Waals surface area contributed by atoms with Crippen molar-refractivity contribution in [3.8, 4) is 28.7 Å². The fraction of sp³-hybridized carbons (Fsp3) is 0.269. The second-order valence-corrected chi connectivity index (χ2v) is 9.49. The molecule has 0 aliphatic rings. The number of anilines is 1. The van der Waals surface area contributed by atoms with Crippen LogP contribution in [-0.4, -0.2) is 56.4 Å². The summed E-state index contributed by atoms with van der Waals surface area (Å²) < 4.78 is 55.2. The van der Waals surface area contributed by atoms with E-state index >= 15 is 0 Å². The topological polar surface area (TPSA) is 113 Å². The number of nitrogens with one attached hydrogen (secondary N) is 1. The van der Waals surface area contributed by atoms with Crippen molar-refractivity contribution in [3.63, 3.8) is 0 Å². The number of carbonyl (C=O) groups excluding carboxylic acids is 1. The van der Waals surface area contributed by atoms with Gasteiger partial charge in [-0.25, -0.2) is 8.42 Å². The van der Waals surface area contributed by atoms with Crippen LogP contribution < -0.4 is 33.3 Å². The minimum absolute atomic E-state index is 0.0224. The molecule has 1 N–H and O–H groups in total. The molecule has 0 fully saturated rings. The molecular weight excluding hydrogens is 500 g/mol. The Bertz CT molecular complexity index is 1330. The van der Waals surface area contributed by atoms with Gasteiger partial charge in [-0.1, -0.05) is 18.2 Å². The molecule has 3 aromatic rings. The molecule has 0 aliphatic carbocycles. The Morgan fingerprint density at radius 1 is 0.784 bits per heavy atom. The summed E-state index contributed by atoms with van der Waals surface area (Å²) >= 11 is 0. The SMILES string of the molecule is COc1ccc(OC)c(N(CC(=O)NCc2ccc(OC)c(OC)c2OC)S(=O)(=O)c2ccccc2)c1. The number of sulfonamides is 1. The zero-order valence-corrected chi connectivity index (χ0v) is 22.1. The maximum absolute atomic E-state index is 13.7. The van der Waals surface area contributed by atoms with Crippen LogP contribution in [0.5, 0.6) is 28.7 Å². The van der Waals surface area contributed by atoms with E-state index in [9.17, 15) is 13.2 Å². The predicted octanol–water partition coefficient (Wildman–Crippen LogP) is 3.24. The average molecular weight is 531 g/mol. The number of methoxy groups -OCH3 is 5. The van der Waals surface area contributed by atoms with Gasteiger partial charge in [-0.05, 0) is 36.4 Å². The van der Waals surface area contributed by atoms with E-state index in [1.54, 1.807) is 42.5 Å². The first kappa shape index (κ1) is 27.5. The first-order valence-corrected chi connectivity index (χ1v) is 12.6. The van der Waals surface area contributed by atoms with E-state index in [2.05, 4.69) is 5.32 Å². The highest BCUT2D eigenvalue weighted by Crippen LogP contribution is 2.40. The summed E-state index contributed by atoms with van der Waals surface area (Å²) in [6, 6.07) is 16.0. The maximum atomic E-state index is 13.7. The van der Waals surface area contributed by atoms with Crippen molar-refractivity contribution < 1.29 is 36.9 Å². The lowest BCUT2D eigenvalue weighted by Crippen LogP contribution is -2.41. The minimum atomic E-state index is -4.15. The number of amides is 1. The monoisotopic (exact) mass is 530 g/mol. The fourth-order valence-corrected chi connectivity index (χ4v) is 5.14. The van der Waals surface area contributed by atoms with Gasteiger partial charge in [0.05, 0.1) is 46.1 Å². The van der Waals surface area contributed by atoms with Crippen molar-refractivity contribution in [2.45, 2.75) is 11.4 Å². The average Bonchev–Trinajstić information content (AvgIpc) is 2.93. The van der Waals surface area contributed by atoms with Gasteiger partial charge in [0.1, 0.15) is 18.0 Å². The van der Waals surface area contributed by atoms with Gasteiger partial charge in [0.25, 0.3) is 10.0 Å². The molecule has 198 valence electrons. The molecule has 37 heavy (non-hydrogen) atoms. The molecule has 0 bridgehead atoms. The summed E-state index contributed by atoms with van der Waals surface area (Å²) in [4.78, 5) is 13.1. The number of hydrogen-bond donors (Lipinski definition) is 1. The van der Waals surface area contributed by atoms with Crippen LogP contribution in [0.2, 0.25) is 0 Å². The molecule has 1 amide bonds. The summed E-state index contributed by atoms with van der Waals surface area (Å²) in [6.45, 7) is -0.465. The van der Waals surface area contributed by atoms with Crippen molar-refractivity contribution in [1.29, 1.82) is 0 Å². The Hall–Kier alpha value is -4.12. The molecule has 0 spiro atoms. The van der Waals surface area contributed by atoms with Crippen LogP contribution in [0.25, 0.3) is 0 Å². The molecule has 0 aromatic heterocycles. The number of benzene rings is 3. The molecule has 0 aliphatic heterocycles. The maximum Gasteiger partial charge on any atom is 0.264 e. The Balaban J connectivity index is 1.95. The summed E-state index contributed by atoms with van der Waals surface area (Å²) in [7, 11) is 3.20. The lowest BCUT2D eigenvalue weighted by Gasteiger charge is -2.26. The normalized spacial score (nSPS) is 10.8. The van der Waals surface area contributed by atoms with E-state index in [-0.39, 0.29) is 22.9 Å². The van der Waals surface area contributed by atoms with Crippen molar-refractivity contribution in [2.75, 3.05) is 46.4 Å². The number of rotatable bonds is 12. The van der Waals surface area contributed by atoms with Gasteiger partial charge in [-0.2, -0.15) is 0 Å². The van der Waals surface area contributed by atoms with Crippen LogP contribution in [0.4, 0.5) is 5.69 Å². The third-order valence-corrected chi connectivity index (χ3v) is 7.31. The first-order valence-electron chi connectivity index (χ1n) is 11.1. The number of carbonyl (C=O) groups is 1. The summed E-state index contributed by atoms with van der Waals surface area (Å²) in [5.41, 5.74) is 0.773. The zero-order valence-electron chi connectivity index (χ0n) is 21.3. The highest BCUT2D eigenvalue weighted by atomic mass is 32.2. The quantitative estimate of drug-likeness (QED) is 0.380. The number of ether oxygens (including phenoxy) is 5. The lowest BCUT2D eigenvalue weighted by atomic mass is 10.1. The molecule has 3 aromatic carbocycles. The largest absolute Gasteiger partial charge is 0.497 e. The van der Waals surface area contributed by atoms with Gasteiger partial charge >= 0.3 is 0 Å².